The molecular weight excluding hydrogens is 273 g/mol. The van der Waals surface area contributed by atoms with E-state index in [1.165, 1.54) is 19.4 Å². The molecule has 0 unspecified atom stereocenters. The van der Waals surface area contributed by atoms with Crippen molar-refractivity contribution < 1.29 is 13.9 Å². The molecule has 0 heterocycles. The number of nitrogens with one attached hydrogen (secondary N) is 1. The molecule has 2 amide bonds. The zero-order valence-electron chi connectivity index (χ0n) is 11.3. The van der Waals surface area contributed by atoms with Crippen LogP contribution in [0.25, 0.3) is 11.1 Å². The molecule has 0 saturated carbocycles. The normalized spacial score (nSPS) is 10.6. The largest absolute Gasteiger partial charge is 0.494 e. The van der Waals surface area contributed by atoms with Crippen LogP contribution in [0.3, 0.4) is 0 Å². The second-order valence-electron chi connectivity index (χ2n) is 4.21. The first-order chi connectivity index (χ1) is 10.1. The lowest BCUT2D eigenvalue weighted by molar-refractivity contribution is 0.249. The van der Waals surface area contributed by atoms with Crippen molar-refractivity contribution in [1.82, 2.24) is 5.43 Å². The average molecular weight is 287 g/mol. The Bertz CT molecular complexity index is 669. The van der Waals surface area contributed by atoms with E-state index in [-0.39, 0.29) is 5.75 Å². The van der Waals surface area contributed by atoms with Crippen LogP contribution in [0.2, 0.25) is 0 Å². The molecule has 2 rings (SSSR count). The number of nitrogens with zero attached hydrogens (tertiary/aromatic N) is 1. The van der Waals surface area contributed by atoms with Crippen molar-refractivity contribution in [3.05, 3.63) is 53.8 Å². The molecule has 0 atom stereocenters. The molecule has 0 aromatic heterocycles. The summed E-state index contributed by atoms with van der Waals surface area (Å²) >= 11 is 0. The third kappa shape index (κ3) is 3.79. The van der Waals surface area contributed by atoms with Crippen molar-refractivity contribution in [2.24, 2.45) is 10.8 Å². The fraction of sp³-hybridized carbons (Fsp3) is 0.0667. The summed E-state index contributed by atoms with van der Waals surface area (Å²) in [7, 11) is 1.42. The molecule has 2 aromatic rings. The number of ether oxygens (including phenoxy) is 1. The predicted molar refractivity (Wildman–Crippen MR) is 78.7 cm³/mol. The molecule has 21 heavy (non-hydrogen) atoms. The molecule has 0 fully saturated rings. The Morgan fingerprint density at radius 3 is 2.48 bits per heavy atom. The molecule has 0 bridgehead atoms. The van der Waals surface area contributed by atoms with Gasteiger partial charge in [-0.25, -0.2) is 14.6 Å². The van der Waals surface area contributed by atoms with Gasteiger partial charge >= 0.3 is 6.03 Å². The Hall–Kier alpha value is -2.89. The lowest BCUT2D eigenvalue weighted by Crippen LogP contribution is -2.24. The van der Waals surface area contributed by atoms with Crippen LogP contribution < -0.4 is 15.9 Å². The summed E-state index contributed by atoms with van der Waals surface area (Å²) in [6.45, 7) is 0. The highest BCUT2D eigenvalue weighted by Gasteiger charge is 2.05. The molecule has 6 heteroatoms. The highest BCUT2D eigenvalue weighted by molar-refractivity contribution is 5.82. The van der Waals surface area contributed by atoms with Crippen molar-refractivity contribution >= 4 is 12.2 Å². The Labute approximate surface area is 121 Å². The Morgan fingerprint density at radius 2 is 1.90 bits per heavy atom. The van der Waals surface area contributed by atoms with Crippen molar-refractivity contribution in [2.75, 3.05) is 7.11 Å². The molecule has 0 aliphatic carbocycles. The van der Waals surface area contributed by atoms with Gasteiger partial charge in [0.2, 0.25) is 0 Å². The van der Waals surface area contributed by atoms with Crippen LogP contribution in [0.5, 0.6) is 5.75 Å². The number of benzene rings is 2. The monoisotopic (exact) mass is 287 g/mol. The maximum absolute atomic E-state index is 13.7. The maximum atomic E-state index is 13.7. The van der Waals surface area contributed by atoms with E-state index in [1.807, 2.05) is 12.1 Å². The van der Waals surface area contributed by atoms with Crippen LogP contribution in [0.15, 0.2) is 47.6 Å². The van der Waals surface area contributed by atoms with E-state index in [0.29, 0.717) is 0 Å². The molecule has 0 saturated heterocycles. The Balaban J connectivity index is 2.17. The maximum Gasteiger partial charge on any atom is 0.332 e. The smallest absolute Gasteiger partial charge is 0.332 e. The number of methoxy groups -OCH3 is 1. The van der Waals surface area contributed by atoms with Gasteiger partial charge in [-0.15, -0.1) is 0 Å². The van der Waals surface area contributed by atoms with Crippen LogP contribution in [0.1, 0.15) is 5.56 Å². The van der Waals surface area contributed by atoms with Gasteiger partial charge < -0.3 is 10.5 Å². The zero-order valence-corrected chi connectivity index (χ0v) is 11.3. The average Bonchev–Trinajstić information content (AvgIpc) is 2.47. The zero-order chi connectivity index (χ0) is 15.2. The number of carbonyl (C=O) groups excluding carboxylic acids is 1. The molecular formula is C15H14FN3O2. The summed E-state index contributed by atoms with van der Waals surface area (Å²) in [5.41, 5.74) is 9.37. The second kappa shape index (κ2) is 6.51. The minimum Gasteiger partial charge on any atom is -0.494 e. The fourth-order valence-corrected chi connectivity index (χ4v) is 1.78. The van der Waals surface area contributed by atoms with Crippen molar-refractivity contribution in [1.29, 1.82) is 0 Å². The van der Waals surface area contributed by atoms with E-state index in [1.54, 1.807) is 24.3 Å². The predicted octanol–water partition coefficient (Wildman–Crippen LogP) is 2.50. The van der Waals surface area contributed by atoms with Gasteiger partial charge in [-0.2, -0.15) is 5.10 Å². The molecule has 0 radical (unpaired) electrons. The topological polar surface area (TPSA) is 76.7 Å². The standard InChI is InChI=1S/C15H14FN3O2/c1-21-14-7-6-12(8-13(14)16)11-4-2-10(3-5-11)9-18-19-15(17)20/h2-9H,1H3,(H3,17,19,20). The van der Waals surface area contributed by atoms with Crippen LogP contribution >= 0.6 is 0 Å². The van der Waals surface area contributed by atoms with Gasteiger partial charge in [0.15, 0.2) is 11.6 Å². The fourth-order valence-electron chi connectivity index (χ4n) is 1.78. The molecule has 0 aliphatic heterocycles. The molecule has 3 N–H and O–H groups in total. The number of amides is 2. The van der Waals surface area contributed by atoms with E-state index in [0.717, 1.165) is 16.7 Å². The first-order valence-corrected chi connectivity index (χ1v) is 6.12. The second-order valence-corrected chi connectivity index (χ2v) is 4.21. The van der Waals surface area contributed by atoms with Gasteiger partial charge in [-0.05, 0) is 28.8 Å². The minimum atomic E-state index is -0.725. The molecule has 2 aromatic carbocycles. The van der Waals surface area contributed by atoms with Crippen LogP contribution in [-0.2, 0) is 0 Å². The highest BCUT2D eigenvalue weighted by atomic mass is 19.1. The van der Waals surface area contributed by atoms with Gasteiger partial charge in [0.25, 0.3) is 0 Å². The number of hydrogen-bond donors (Lipinski definition) is 2. The van der Waals surface area contributed by atoms with Gasteiger partial charge in [0.1, 0.15) is 0 Å². The first kappa shape index (κ1) is 14.5. The summed E-state index contributed by atoms with van der Waals surface area (Å²) in [5.74, 6) is -0.202. The minimum absolute atomic E-state index is 0.208. The van der Waals surface area contributed by atoms with Crippen molar-refractivity contribution in [3.63, 3.8) is 0 Å². The summed E-state index contributed by atoms with van der Waals surface area (Å²) in [6, 6.07) is 11.3. The first-order valence-electron chi connectivity index (χ1n) is 6.12. The number of hydrazone groups is 1. The van der Waals surface area contributed by atoms with Crippen LogP contribution in [0, 0.1) is 5.82 Å². The molecule has 0 aliphatic rings. The van der Waals surface area contributed by atoms with Gasteiger partial charge in [0.05, 0.1) is 13.3 Å². The Kier molecular flexibility index (Phi) is 4.50. The number of halogens is 1. The SMILES string of the molecule is COc1ccc(-c2ccc(C=NNC(N)=O)cc2)cc1F. The lowest BCUT2D eigenvalue weighted by Gasteiger charge is -2.05. The highest BCUT2D eigenvalue weighted by Crippen LogP contribution is 2.25. The number of rotatable bonds is 4. The molecule has 5 nitrogen and oxygen atoms in total. The van der Waals surface area contributed by atoms with E-state index >= 15 is 0 Å². The number of urea groups is 1. The summed E-state index contributed by atoms with van der Waals surface area (Å²) in [4.78, 5) is 10.5. The van der Waals surface area contributed by atoms with Crippen molar-refractivity contribution in [3.8, 4) is 16.9 Å². The van der Waals surface area contributed by atoms with Gasteiger partial charge in [-0.3, -0.25) is 0 Å². The van der Waals surface area contributed by atoms with Crippen molar-refractivity contribution in [2.45, 2.75) is 0 Å². The molecule has 108 valence electrons. The summed E-state index contributed by atoms with van der Waals surface area (Å²) in [6.07, 6.45) is 1.46. The number of hydrogen-bond acceptors (Lipinski definition) is 3. The number of nitrogens with two attached hydrogens (primary N) is 1. The Morgan fingerprint density at radius 1 is 1.24 bits per heavy atom. The number of primary amides is 1. The number of carbonyl (C=O) groups is 1. The van der Waals surface area contributed by atoms with E-state index in [4.69, 9.17) is 10.5 Å². The quantitative estimate of drug-likeness (QED) is 0.669. The third-order valence-corrected chi connectivity index (χ3v) is 2.78. The van der Waals surface area contributed by atoms with E-state index in [2.05, 4.69) is 10.5 Å². The van der Waals surface area contributed by atoms with Crippen LogP contribution in [-0.4, -0.2) is 19.4 Å². The van der Waals surface area contributed by atoms with Gasteiger partial charge in [-0.1, -0.05) is 30.3 Å². The summed E-state index contributed by atoms with van der Waals surface area (Å²) in [5, 5.41) is 3.65. The molecule has 0 spiro atoms. The lowest BCUT2D eigenvalue weighted by atomic mass is 10.0. The van der Waals surface area contributed by atoms with E-state index in [9.17, 15) is 9.18 Å². The van der Waals surface area contributed by atoms with Crippen LogP contribution in [0.4, 0.5) is 9.18 Å². The van der Waals surface area contributed by atoms with Gasteiger partial charge in [0, 0.05) is 0 Å². The summed E-state index contributed by atoms with van der Waals surface area (Å²) < 4.78 is 18.5. The van der Waals surface area contributed by atoms with E-state index < -0.39 is 11.8 Å². The third-order valence-electron chi connectivity index (χ3n) is 2.78.